The van der Waals surface area contributed by atoms with Crippen LogP contribution < -0.4 is 5.32 Å². The highest BCUT2D eigenvalue weighted by atomic mass is 32.1. The summed E-state index contributed by atoms with van der Waals surface area (Å²) in [5, 5.41) is 13.8. The number of nitrogens with zero attached hydrogens (tertiary/aromatic N) is 1. The van der Waals surface area contributed by atoms with Crippen molar-refractivity contribution in [1.29, 1.82) is 0 Å². The van der Waals surface area contributed by atoms with E-state index in [9.17, 15) is 9.59 Å². The van der Waals surface area contributed by atoms with Gasteiger partial charge < -0.3 is 15.2 Å². The van der Waals surface area contributed by atoms with Crippen LogP contribution >= 0.6 is 11.3 Å². The first-order valence-corrected chi connectivity index (χ1v) is 7.06. The Balaban J connectivity index is 1.94. The fourth-order valence-corrected chi connectivity index (χ4v) is 2.30. The highest BCUT2D eigenvalue weighted by Crippen LogP contribution is 2.16. The van der Waals surface area contributed by atoms with E-state index < -0.39 is 18.1 Å². The summed E-state index contributed by atoms with van der Waals surface area (Å²) < 4.78 is 5.00. The Bertz CT molecular complexity index is 627. The first-order valence-electron chi connectivity index (χ1n) is 6.18. The molecule has 1 atom stereocenters. The van der Waals surface area contributed by atoms with E-state index in [1.54, 1.807) is 12.3 Å². The summed E-state index contributed by atoms with van der Waals surface area (Å²) in [5.74, 6) is -1.18. The summed E-state index contributed by atoms with van der Waals surface area (Å²) >= 11 is 1.32. The summed E-state index contributed by atoms with van der Waals surface area (Å²) in [6, 6.07) is 7.92. The van der Waals surface area contributed by atoms with Crippen molar-refractivity contribution in [3.05, 3.63) is 52.0 Å². The lowest BCUT2D eigenvalue weighted by Crippen LogP contribution is -2.34. The van der Waals surface area contributed by atoms with E-state index in [4.69, 9.17) is 9.84 Å². The summed E-state index contributed by atoms with van der Waals surface area (Å²) in [6.45, 7) is 1.84. The highest BCUT2D eigenvalue weighted by Gasteiger charge is 2.25. The number of aliphatic carboxylic acids is 1. The Morgan fingerprint density at radius 2 is 2.10 bits per heavy atom. The van der Waals surface area contributed by atoms with Crippen molar-refractivity contribution in [2.24, 2.45) is 0 Å². The van der Waals surface area contributed by atoms with Gasteiger partial charge >= 0.3 is 12.1 Å². The number of aromatic nitrogens is 1. The minimum atomic E-state index is -1.21. The van der Waals surface area contributed by atoms with E-state index in [2.05, 4.69) is 10.3 Å². The molecule has 0 saturated carbocycles. The van der Waals surface area contributed by atoms with Gasteiger partial charge in [-0.1, -0.05) is 30.3 Å². The molecule has 2 N–H and O–H groups in total. The molecule has 0 spiro atoms. The van der Waals surface area contributed by atoms with Gasteiger partial charge in [-0.05, 0) is 12.5 Å². The van der Waals surface area contributed by atoms with Crippen molar-refractivity contribution in [1.82, 2.24) is 10.3 Å². The number of aryl methyl sites for hydroxylation is 1. The average Bonchev–Trinajstić information content (AvgIpc) is 2.89. The molecule has 7 heteroatoms. The molecular weight excluding hydrogens is 292 g/mol. The van der Waals surface area contributed by atoms with Crippen LogP contribution in [-0.4, -0.2) is 22.2 Å². The first-order chi connectivity index (χ1) is 10.1. The Labute approximate surface area is 125 Å². The van der Waals surface area contributed by atoms with Gasteiger partial charge in [0.1, 0.15) is 6.61 Å². The predicted octanol–water partition coefficient (Wildman–Crippen LogP) is 2.50. The molecule has 110 valence electrons. The van der Waals surface area contributed by atoms with Gasteiger partial charge in [0.15, 0.2) is 6.04 Å². The lowest BCUT2D eigenvalue weighted by Gasteiger charge is -2.12. The average molecular weight is 306 g/mol. The molecule has 2 aromatic rings. The molecule has 1 heterocycles. The van der Waals surface area contributed by atoms with Crippen LogP contribution in [0.3, 0.4) is 0 Å². The second-order valence-electron chi connectivity index (χ2n) is 4.27. The van der Waals surface area contributed by atoms with E-state index in [0.717, 1.165) is 10.6 Å². The van der Waals surface area contributed by atoms with Gasteiger partial charge in [0, 0.05) is 5.38 Å². The molecule has 0 aliphatic rings. The molecule has 0 bridgehead atoms. The molecule has 0 aliphatic heterocycles. The fraction of sp³-hybridized carbons (Fsp3) is 0.214. The van der Waals surface area contributed by atoms with Crippen LogP contribution in [0.15, 0.2) is 35.7 Å². The van der Waals surface area contributed by atoms with Crippen LogP contribution in [0.4, 0.5) is 4.79 Å². The number of amides is 1. The number of hydrogen-bond acceptors (Lipinski definition) is 5. The monoisotopic (exact) mass is 306 g/mol. The largest absolute Gasteiger partial charge is 0.479 e. The van der Waals surface area contributed by atoms with Crippen LogP contribution in [0.1, 0.15) is 22.3 Å². The molecule has 1 aromatic heterocycles. The molecule has 6 nitrogen and oxygen atoms in total. The minimum absolute atomic E-state index is 0.0785. The van der Waals surface area contributed by atoms with Gasteiger partial charge in [-0.25, -0.2) is 14.6 Å². The van der Waals surface area contributed by atoms with E-state index >= 15 is 0 Å². The first kappa shape index (κ1) is 15.0. The standard InChI is InChI=1S/C14H14N2O4S/c1-9-15-11(8-21-9)12(13(17)18)16-14(19)20-7-10-5-3-2-4-6-10/h2-6,8,12H,7H2,1H3,(H,16,19)(H,17,18). The van der Waals surface area contributed by atoms with Crippen LogP contribution in [0.25, 0.3) is 0 Å². The highest BCUT2D eigenvalue weighted by molar-refractivity contribution is 7.09. The van der Waals surface area contributed by atoms with Gasteiger partial charge in [-0.2, -0.15) is 0 Å². The Morgan fingerprint density at radius 3 is 2.67 bits per heavy atom. The second-order valence-corrected chi connectivity index (χ2v) is 5.33. The van der Waals surface area contributed by atoms with Gasteiger partial charge in [0.25, 0.3) is 0 Å². The van der Waals surface area contributed by atoms with E-state index in [1.807, 2.05) is 30.3 Å². The minimum Gasteiger partial charge on any atom is -0.479 e. The SMILES string of the molecule is Cc1nc(C(NC(=O)OCc2ccccc2)C(=O)O)cs1. The summed E-state index contributed by atoms with van der Waals surface area (Å²) in [6.07, 6.45) is -0.795. The lowest BCUT2D eigenvalue weighted by atomic mass is 10.2. The molecule has 1 unspecified atom stereocenters. The molecule has 21 heavy (non-hydrogen) atoms. The van der Waals surface area contributed by atoms with Crippen LogP contribution in [0.2, 0.25) is 0 Å². The van der Waals surface area contributed by atoms with E-state index in [1.165, 1.54) is 11.3 Å². The van der Waals surface area contributed by atoms with Gasteiger partial charge in [0.05, 0.1) is 10.7 Å². The zero-order valence-corrected chi connectivity index (χ0v) is 12.1. The number of rotatable bonds is 5. The summed E-state index contributed by atoms with van der Waals surface area (Å²) in [5.41, 5.74) is 1.12. The number of benzene rings is 1. The van der Waals surface area contributed by atoms with Crippen molar-refractivity contribution in [3.63, 3.8) is 0 Å². The number of carboxylic acids is 1. The molecular formula is C14H14N2O4S. The van der Waals surface area contributed by atoms with E-state index in [0.29, 0.717) is 5.69 Å². The maximum Gasteiger partial charge on any atom is 0.408 e. The van der Waals surface area contributed by atoms with Crippen molar-refractivity contribution in [2.75, 3.05) is 0 Å². The molecule has 2 rings (SSSR count). The third-order valence-corrected chi connectivity index (χ3v) is 3.45. The second kappa shape index (κ2) is 6.85. The molecule has 0 radical (unpaired) electrons. The summed E-state index contributed by atoms with van der Waals surface area (Å²) in [4.78, 5) is 27.0. The number of alkyl carbamates (subject to hydrolysis) is 1. The Morgan fingerprint density at radius 1 is 1.38 bits per heavy atom. The number of nitrogens with one attached hydrogen (secondary N) is 1. The molecule has 1 aromatic carbocycles. The lowest BCUT2D eigenvalue weighted by molar-refractivity contribution is -0.139. The zero-order chi connectivity index (χ0) is 15.2. The third-order valence-electron chi connectivity index (χ3n) is 2.65. The van der Waals surface area contributed by atoms with Crippen molar-refractivity contribution in [3.8, 4) is 0 Å². The Hall–Kier alpha value is -2.41. The van der Waals surface area contributed by atoms with Gasteiger partial charge in [-0.15, -0.1) is 11.3 Å². The van der Waals surface area contributed by atoms with Crippen molar-refractivity contribution < 1.29 is 19.4 Å². The summed E-state index contributed by atoms with van der Waals surface area (Å²) in [7, 11) is 0. The van der Waals surface area contributed by atoms with Crippen LogP contribution in [0.5, 0.6) is 0 Å². The smallest absolute Gasteiger partial charge is 0.408 e. The number of thiazole rings is 1. The van der Waals surface area contributed by atoms with Crippen molar-refractivity contribution >= 4 is 23.4 Å². The van der Waals surface area contributed by atoms with Crippen molar-refractivity contribution in [2.45, 2.75) is 19.6 Å². The Kier molecular flexibility index (Phi) is 4.89. The number of carbonyl (C=O) groups is 2. The van der Waals surface area contributed by atoms with E-state index in [-0.39, 0.29) is 6.61 Å². The van der Waals surface area contributed by atoms with Crippen LogP contribution in [-0.2, 0) is 16.1 Å². The fourth-order valence-electron chi connectivity index (χ4n) is 1.66. The number of carboxylic acid groups (broad SMARTS) is 1. The maximum absolute atomic E-state index is 11.7. The number of ether oxygens (including phenoxy) is 1. The quantitative estimate of drug-likeness (QED) is 0.886. The molecule has 1 amide bonds. The predicted molar refractivity (Wildman–Crippen MR) is 77.0 cm³/mol. The van der Waals surface area contributed by atoms with Gasteiger partial charge in [-0.3, -0.25) is 0 Å². The third kappa shape index (κ3) is 4.28. The molecule has 0 fully saturated rings. The normalized spacial score (nSPS) is 11.7. The molecule has 0 aliphatic carbocycles. The van der Waals surface area contributed by atoms with Gasteiger partial charge in [0.2, 0.25) is 0 Å². The zero-order valence-electron chi connectivity index (χ0n) is 11.3. The molecule has 0 saturated heterocycles. The number of hydrogen-bond donors (Lipinski definition) is 2. The maximum atomic E-state index is 11.7. The topological polar surface area (TPSA) is 88.5 Å². The van der Waals surface area contributed by atoms with Crippen LogP contribution in [0, 0.1) is 6.92 Å². The number of carbonyl (C=O) groups excluding carboxylic acids is 1.